The normalized spacial score (nSPS) is 10.4. The van der Waals surface area contributed by atoms with Crippen molar-refractivity contribution in [2.24, 2.45) is 0 Å². The Kier molecular flexibility index (Phi) is 7.21. The van der Waals surface area contributed by atoms with E-state index in [1.807, 2.05) is 29.6 Å². The lowest BCUT2D eigenvalue weighted by molar-refractivity contribution is 0.414. The van der Waals surface area contributed by atoms with Crippen molar-refractivity contribution in [2.45, 2.75) is 40.2 Å². The lowest BCUT2D eigenvalue weighted by atomic mass is 10.1. The van der Waals surface area contributed by atoms with Gasteiger partial charge in [0.1, 0.15) is 17.2 Å². The van der Waals surface area contributed by atoms with E-state index in [1.54, 1.807) is 25.6 Å². The number of pyridine rings is 1. The average Bonchev–Trinajstić information content (AvgIpc) is 3.08. The number of rotatable bonds is 5. The Bertz CT molecular complexity index is 846. The van der Waals surface area contributed by atoms with Crippen LogP contribution in [0.2, 0.25) is 0 Å². The monoisotopic (exact) mass is 373 g/mol. The van der Waals surface area contributed by atoms with Crippen LogP contribution < -0.4 is 14.8 Å². The molecule has 0 aliphatic carbocycles. The maximum absolute atomic E-state index is 5.51. The molecule has 0 fully saturated rings. The van der Waals surface area contributed by atoms with Gasteiger partial charge in [0, 0.05) is 28.9 Å². The second kappa shape index (κ2) is 9.38. The number of nitrogens with zero attached hydrogens (tertiary/aromatic N) is 2. The first-order valence-electron chi connectivity index (χ1n) is 8.77. The van der Waals surface area contributed by atoms with E-state index in [2.05, 4.69) is 38.0 Å². The lowest BCUT2D eigenvalue weighted by Gasteiger charge is -2.09. The van der Waals surface area contributed by atoms with Gasteiger partial charge in [-0.05, 0) is 26.0 Å². The number of anilines is 1. The zero-order valence-corrected chi connectivity index (χ0v) is 17.1. The van der Waals surface area contributed by atoms with E-state index in [-0.39, 0.29) is 0 Å². The molecular formula is C20H27N3O2S. The van der Waals surface area contributed by atoms with Crippen LogP contribution in [0.15, 0.2) is 29.6 Å². The van der Waals surface area contributed by atoms with Crippen LogP contribution in [0.3, 0.4) is 0 Å². The predicted octanol–water partition coefficient (Wildman–Crippen LogP) is 5.61. The number of thiazole rings is 1. The Morgan fingerprint density at radius 3 is 2.38 bits per heavy atom. The minimum Gasteiger partial charge on any atom is -0.497 e. The third-order valence-electron chi connectivity index (χ3n) is 3.38. The van der Waals surface area contributed by atoms with Crippen molar-refractivity contribution in [2.75, 3.05) is 19.5 Å². The molecule has 1 aromatic carbocycles. The Morgan fingerprint density at radius 1 is 1.04 bits per heavy atom. The molecule has 5 nitrogen and oxygen atoms in total. The van der Waals surface area contributed by atoms with Gasteiger partial charge in [0.2, 0.25) is 0 Å². The quantitative estimate of drug-likeness (QED) is 0.630. The first-order chi connectivity index (χ1) is 12.5. The van der Waals surface area contributed by atoms with Gasteiger partial charge < -0.3 is 14.8 Å². The summed E-state index contributed by atoms with van der Waals surface area (Å²) in [5, 5.41) is 7.15. The van der Waals surface area contributed by atoms with Crippen LogP contribution in [0.1, 0.15) is 34.1 Å². The first kappa shape index (κ1) is 20.0. The van der Waals surface area contributed by atoms with Crippen molar-refractivity contribution in [1.82, 2.24) is 9.97 Å². The van der Waals surface area contributed by atoms with Gasteiger partial charge in [0.05, 0.1) is 25.4 Å². The van der Waals surface area contributed by atoms with Gasteiger partial charge in [-0.2, -0.15) is 0 Å². The van der Waals surface area contributed by atoms with Crippen LogP contribution in [0.4, 0.5) is 5.13 Å². The van der Waals surface area contributed by atoms with Crippen LogP contribution in [-0.2, 0) is 0 Å². The highest BCUT2D eigenvalue weighted by Crippen LogP contribution is 2.33. The van der Waals surface area contributed by atoms with Crippen molar-refractivity contribution in [1.29, 1.82) is 0 Å². The van der Waals surface area contributed by atoms with Crippen LogP contribution in [0.5, 0.6) is 11.5 Å². The first-order valence-corrected chi connectivity index (χ1v) is 9.65. The fourth-order valence-corrected chi connectivity index (χ4v) is 3.16. The lowest BCUT2D eigenvalue weighted by Crippen LogP contribution is -2.09. The topological polar surface area (TPSA) is 56.3 Å². The highest BCUT2D eigenvalue weighted by atomic mass is 32.1. The van der Waals surface area contributed by atoms with E-state index < -0.39 is 0 Å². The van der Waals surface area contributed by atoms with E-state index in [0.717, 1.165) is 38.9 Å². The standard InChI is InChI=1S/C17H19N3O2S.C3H8/c1-10(2)18-17-20-15(9-23-17)14-8-16(22-4)12-6-5-11(21-3)7-13(12)19-14;1-3-2/h5-10H,1-4H3,(H,18,20);3H2,1-2H3. The summed E-state index contributed by atoms with van der Waals surface area (Å²) in [5.41, 5.74) is 2.45. The largest absolute Gasteiger partial charge is 0.497 e. The molecule has 0 aliphatic heterocycles. The molecule has 0 bridgehead atoms. The molecule has 0 amide bonds. The van der Waals surface area contributed by atoms with Crippen molar-refractivity contribution < 1.29 is 9.47 Å². The second-order valence-electron chi connectivity index (χ2n) is 6.14. The number of fused-ring (bicyclic) bond motifs is 1. The van der Waals surface area contributed by atoms with Gasteiger partial charge >= 0.3 is 0 Å². The number of nitrogens with one attached hydrogen (secondary N) is 1. The molecule has 0 atom stereocenters. The fourth-order valence-electron chi connectivity index (χ4n) is 2.31. The summed E-state index contributed by atoms with van der Waals surface area (Å²) in [6, 6.07) is 8.03. The zero-order chi connectivity index (χ0) is 19.1. The summed E-state index contributed by atoms with van der Waals surface area (Å²) in [4.78, 5) is 9.32. The molecule has 0 radical (unpaired) electrons. The molecule has 3 aromatic rings. The summed E-state index contributed by atoms with van der Waals surface area (Å²) >= 11 is 1.57. The molecule has 6 heteroatoms. The predicted molar refractivity (Wildman–Crippen MR) is 111 cm³/mol. The third-order valence-corrected chi connectivity index (χ3v) is 4.15. The second-order valence-corrected chi connectivity index (χ2v) is 6.99. The summed E-state index contributed by atoms with van der Waals surface area (Å²) in [6.45, 7) is 8.43. The van der Waals surface area contributed by atoms with Crippen molar-refractivity contribution in [3.05, 3.63) is 29.6 Å². The summed E-state index contributed by atoms with van der Waals surface area (Å²) in [5.74, 6) is 1.55. The van der Waals surface area contributed by atoms with Crippen molar-refractivity contribution in [3.63, 3.8) is 0 Å². The Labute approximate surface area is 159 Å². The smallest absolute Gasteiger partial charge is 0.183 e. The molecule has 0 saturated heterocycles. The Balaban J connectivity index is 0.000000758. The SMILES string of the molecule is CCC.COc1ccc2c(OC)cc(-c3csc(NC(C)C)n3)nc2c1. The molecule has 140 valence electrons. The van der Waals surface area contributed by atoms with Crippen LogP contribution >= 0.6 is 11.3 Å². The summed E-state index contributed by atoms with van der Waals surface area (Å²) < 4.78 is 10.8. The number of hydrogen-bond donors (Lipinski definition) is 1. The third kappa shape index (κ3) is 4.85. The summed E-state index contributed by atoms with van der Waals surface area (Å²) in [6.07, 6.45) is 1.25. The maximum Gasteiger partial charge on any atom is 0.183 e. The number of methoxy groups -OCH3 is 2. The molecule has 1 N–H and O–H groups in total. The molecule has 26 heavy (non-hydrogen) atoms. The van der Waals surface area contributed by atoms with Crippen LogP contribution in [0.25, 0.3) is 22.3 Å². The summed E-state index contributed by atoms with van der Waals surface area (Å²) in [7, 11) is 3.31. The maximum atomic E-state index is 5.51. The molecule has 0 spiro atoms. The molecule has 0 unspecified atom stereocenters. The van der Waals surface area contributed by atoms with E-state index in [0.29, 0.717) is 6.04 Å². The number of benzene rings is 1. The van der Waals surface area contributed by atoms with Gasteiger partial charge in [0.15, 0.2) is 5.13 Å². The van der Waals surface area contributed by atoms with E-state index in [9.17, 15) is 0 Å². The molecule has 0 aliphatic rings. The van der Waals surface area contributed by atoms with Crippen LogP contribution in [-0.4, -0.2) is 30.2 Å². The number of hydrogen-bond acceptors (Lipinski definition) is 6. The van der Waals surface area contributed by atoms with Gasteiger partial charge in [-0.1, -0.05) is 20.3 Å². The molecule has 2 heterocycles. The number of ether oxygens (including phenoxy) is 2. The van der Waals surface area contributed by atoms with E-state index in [1.165, 1.54) is 6.42 Å². The van der Waals surface area contributed by atoms with Gasteiger partial charge in [0.25, 0.3) is 0 Å². The van der Waals surface area contributed by atoms with Gasteiger partial charge in [-0.3, -0.25) is 0 Å². The fraction of sp³-hybridized carbons (Fsp3) is 0.400. The van der Waals surface area contributed by atoms with Crippen molar-refractivity contribution >= 4 is 27.4 Å². The molecular weight excluding hydrogens is 346 g/mol. The van der Waals surface area contributed by atoms with Crippen molar-refractivity contribution in [3.8, 4) is 22.9 Å². The molecule has 3 rings (SSSR count). The van der Waals surface area contributed by atoms with Crippen LogP contribution in [0, 0.1) is 0 Å². The van der Waals surface area contributed by atoms with Gasteiger partial charge in [-0.25, -0.2) is 9.97 Å². The Hall–Kier alpha value is -2.34. The van der Waals surface area contributed by atoms with Gasteiger partial charge in [-0.15, -0.1) is 11.3 Å². The highest BCUT2D eigenvalue weighted by molar-refractivity contribution is 7.14. The zero-order valence-electron chi connectivity index (χ0n) is 16.3. The van der Waals surface area contributed by atoms with E-state index >= 15 is 0 Å². The van der Waals surface area contributed by atoms with E-state index in [4.69, 9.17) is 14.5 Å². The minimum atomic E-state index is 0.345. The average molecular weight is 374 g/mol. The number of aromatic nitrogens is 2. The highest BCUT2D eigenvalue weighted by Gasteiger charge is 2.12. The minimum absolute atomic E-state index is 0.345. The molecule has 2 aromatic heterocycles. The molecule has 0 saturated carbocycles. The Morgan fingerprint density at radius 2 is 1.77 bits per heavy atom.